The average Bonchev–Trinajstić information content (AvgIpc) is 2.41. The molecule has 84 valence electrons. The highest BCUT2D eigenvalue weighted by atomic mass is 16.5. The second-order valence-electron chi connectivity index (χ2n) is 3.66. The van der Waals surface area contributed by atoms with Gasteiger partial charge in [0.25, 0.3) is 0 Å². The van der Waals surface area contributed by atoms with Crippen LogP contribution in [0.2, 0.25) is 0 Å². The third-order valence-corrected chi connectivity index (χ3v) is 2.44. The molecule has 0 spiro atoms. The van der Waals surface area contributed by atoms with E-state index >= 15 is 0 Å². The van der Waals surface area contributed by atoms with Crippen molar-refractivity contribution >= 4 is 5.97 Å². The van der Waals surface area contributed by atoms with Crippen LogP contribution in [0, 0.1) is 13.8 Å². The van der Waals surface area contributed by atoms with Crippen LogP contribution in [-0.2, 0) is 11.8 Å². The molecule has 0 saturated heterocycles. The molecule has 0 aliphatic carbocycles. The Balaban J connectivity index is 2.73. The Morgan fingerprint density at radius 3 is 2.60 bits per heavy atom. The molecule has 0 saturated carbocycles. The molecule has 4 heteroatoms. The van der Waals surface area contributed by atoms with E-state index in [4.69, 9.17) is 4.74 Å². The topological polar surface area (TPSA) is 44.1 Å². The minimum Gasteiger partial charge on any atom is -0.462 e. The van der Waals surface area contributed by atoms with E-state index in [1.54, 1.807) is 4.68 Å². The molecule has 1 aromatic heterocycles. The summed E-state index contributed by atoms with van der Waals surface area (Å²) in [4.78, 5) is 11.7. The van der Waals surface area contributed by atoms with Gasteiger partial charge in [0, 0.05) is 12.7 Å². The van der Waals surface area contributed by atoms with Crippen LogP contribution in [0.1, 0.15) is 41.5 Å². The smallest absolute Gasteiger partial charge is 0.341 e. The molecule has 15 heavy (non-hydrogen) atoms. The predicted octanol–water partition coefficient (Wildman–Crippen LogP) is 1.99. The monoisotopic (exact) mass is 210 g/mol. The molecule has 1 rings (SSSR count). The first-order chi connectivity index (χ1) is 7.07. The maximum atomic E-state index is 11.7. The standard InChI is InChI=1S/C11H18N2O2/c1-5-6-7-15-11(14)10-8(2)12-13(4)9(10)3/h5-7H2,1-4H3. The van der Waals surface area contributed by atoms with Crippen LogP contribution in [0.15, 0.2) is 0 Å². The molecule has 0 fully saturated rings. The van der Waals surface area contributed by atoms with E-state index in [1.807, 2.05) is 20.9 Å². The van der Waals surface area contributed by atoms with Crippen LogP contribution in [-0.4, -0.2) is 22.4 Å². The second-order valence-corrected chi connectivity index (χ2v) is 3.66. The van der Waals surface area contributed by atoms with Crippen molar-refractivity contribution in [3.05, 3.63) is 17.0 Å². The highest BCUT2D eigenvalue weighted by Crippen LogP contribution is 2.13. The number of unbranched alkanes of at least 4 members (excludes halogenated alkanes) is 1. The Kier molecular flexibility index (Phi) is 3.88. The van der Waals surface area contributed by atoms with Crippen LogP contribution in [0.4, 0.5) is 0 Å². The second kappa shape index (κ2) is 4.96. The summed E-state index contributed by atoms with van der Waals surface area (Å²) in [5.41, 5.74) is 2.19. The Morgan fingerprint density at radius 1 is 1.47 bits per heavy atom. The fraction of sp³-hybridized carbons (Fsp3) is 0.636. The number of hydrogen-bond donors (Lipinski definition) is 0. The molecular formula is C11H18N2O2. The van der Waals surface area contributed by atoms with E-state index in [-0.39, 0.29) is 5.97 Å². The fourth-order valence-corrected chi connectivity index (χ4v) is 1.45. The summed E-state index contributed by atoms with van der Waals surface area (Å²) in [6.07, 6.45) is 1.93. The van der Waals surface area contributed by atoms with Gasteiger partial charge in [0.1, 0.15) is 5.56 Å². The molecule has 0 unspecified atom stereocenters. The number of aryl methyl sites for hydroxylation is 2. The van der Waals surface area contributed by atoms with Gasteiger partial charge in [-0.1, -0.05) is 13.3 Å². The first-order valence-electron chi connectivity index (χ1n) is 5.25. The molecule has 0 amide bonds. The van der Waals surface area contributed by atoms with Crippen molar-refractivity contribution in [1.82, 2.24) is 9.78 Å². The lowest BCUT2D eigenvalue weighted by atomic mass is 10.2. The summed E-state index contributed by atoms with van der Waals surface area (Å²) in [6, 6.07) is 0. The number of nitrogens with zero attached hydrogens (tertiary/aromatic N) is 2. The number of aromatic nitrogens is 2. The van der Waals surface area contributed by atoms with E-state index in [2.05, 4.69) is 12.0 Å². The van der Waals surface area contributed by atoms with Crippen molar-refractivity contribution in [2.24, 2.45) is 7.05 Å². The van der Waals surface area contributed by atoms with E-state index < -0.39 is 0 Å². The zero-order chi connectivity index (χ0) is 11.4. The Hall–Kier alpha value is -1.32. The summed E-state index contributed by atoms with van der Waals surface area (Å²) in [7, 11) is 1.82. The molecule has 0 radical (unpaired) electrons. The van der Waals surface area contributed by atoms with E-state index in [0.29, 0.717) is 12.2 Å². The molecule has 0 bridgehead atoms. The average molecular weight is 210 g/mol. The number of rotatable bonds is 4. The SMILES string of the molecule is CCCCOC(=O)c1c(C)nn(C)c1C. The number of carbonyl (C=O) groups is 1. The number of hydrogen-bond acceptors (Lipinski definition) is 3. The Bertz CT molecular complexity index is 356. The number of carbonyl (C=O) groups excluding carboxylic acids is 1. The van der Waals surface area contributed by atoms with Crippen molar-refractivity contribution in [2.75, 3.05) is 6.61 Å². The Morgan fingerprint density at radius 2 is 2.13 bits per heavy atom. The van der Waals surface area contributed by atoms with E-state index in [1.165, 1.54) is 0 Å². The highest BCUT2D eigenvalue weighted by molar-refractivity contribution is 5.91. The highest BCUT2D eigenvalue weighted by Gasteiger charge is 2.18. The van der Waals surface area contributed by atoms with Gasteiger partial charge in [-0.05, 0) is 20.3 Å². The summed E-state index contributed by atoms with van der Waals surface area (Å²) in [6.45, 7) is 6.25. The molecule has 0 N–H and O–H groups in total. The molecule has 4 nitrogen and oxygen atoms in total. The summed E-state index contributed by atoms with van der Waals surface area (Å²) in [5, 5.41) is 4.18. The third-order valence-electron chi connectivity index (χ3n) is 2.44. The normalized spacial score (nSPS) is 10.4. The van der Waals surface area contributed by atoms with Gasteiger partial charge in [-0.25, -0.2) is 4.79 Å². The summed E-state index contributed by atoms with van der Waals surface area (Å²) in [5.74, 6) is -0.258. The molecule has 0 aliphatic heterocycles. The molecule has 0 aromatic carbocycles. The van der Waals surface area contributed by atoms with Gasteiger partial charge in [0.2, 0.25) is 0 Å². The van der Waals surface area contributed by atoms with Crippen LogP contribution < -0.4 is 0 Å². The maximum Gasteiger partial charge on any atom is 0.341 e. The molecule has 0 aliphatic rings. The fourth-order valence-electron chi connectivity index (χ4n) is 1.45. The lowest BCUT2D eigenvalue weighted by Gasteiger charge is -2.03. The zero-order valence-corrected chi connectivity index (χ0v) is 9.83. The van der Waals surface area contributed by atoms with Gasteiger partial charge < -0.3 is 4.74 Å². The van der Waals surface area contributed by atoms with Crippen molar-refractivity contribution in [2.45, 2.75) is 33.6 Å². The van der Waals surface area contributed by atoms with Gasteiger partial charge >= 0.3 is 5.97 Å². The van der Waals surface area contributed by atoms with Gasteiger partial charge in [-0.3, -0.25) is 4.68 Å². The van der Waals surface area contributed by atoms with Gasteiger partial charge in [0.05, 0.1) is 12.3 Å². The Labute approximate surface area is 90.2 Å². The van der Waals surface area contributed by atoms with E-state index in [0.717, 1.165) is 24.2 Å². The van der Waals surface area contributed by atoms with Gasteiger partial charge in [-0.2, -0.15) is 5.10 Å². The van der Waals surface area contributed by atoms with Crippen LogP contribution in [0.5, 0.6) is 0 Å². The van der Waals surface area contributed by atoms with Crippen LogP contribution in [0.25, 0.3) is 0 Å². The summed E-state index contributed by atoms with van der Waals surface area (Å²) < 4.78 is 6.85. The molecular weight excluding hydrogens is 192 g/mol. The summed E-state index contributed by atoms with van der Waals surface area (Å²) >= 11 is 0. The van der Waals surface area contributed by atoms with Crippen molar-refractivity contribution < 1.29 is 9.53 Å². The lowest BCUT2D eigenvalue weighted by molar-refractivity contribution is 0.0498. The van der Waals surface area contributed by atoms with Crippen molar-refractivity contribution in [3.63, 3.8) is 0 Å². The van der Waals surface area contributed by atoms with E-state index in [9.17, 15) is 4.79 Å². The van der Waals surface area contributed by atoms with Crippen LogP contribution in [0.3, 0.4) is 0 Å². The molecule has 0 atom stereocenters. The minimum absolute atomic E-state index is 0.258. The maximum absolute atomic E-state index is 11.7. The van der Waals surface area contributed by atoms with Gasteiger partial charge in [0.15, 0.2) is 0 Å². The minimum atomic E-state index is -0.258. The largest absolute Gasteiger partial charge is 0.462 e. The quantitative estimate of drug-likeness (QED) is 0.564. The van der Waals surface area contributed by atoms with Crippen molar-refractivity contribution in [3.8, 4) is 0 Å². The van der Waals surface area contributed by atoms with Gasteiger partial charge in [-0.15, -0.1) is 0 Å². The number of esters is 1. The molecule has 1 aromatic rings. The predicted molar refractivity (Wildman–Crippen MR) is 57.9 cm³/mol. The first-order valence-corrected chi connectivity index (χ1v) is 5.25. The lowest BCUT2D eigenvalue weighted by Crippen LogP contribution is -2.08. The third kappa shape index (κ3) is 2.58. The van der Waals surface area contributed by atoms with Crippen molar-refractivity contribution in [1.29, 1.82) is 0 Å². The number of ether oxygens (including phenoxy) is 1. The zero-order valence-electron chi connectivity index (χ0n) is 9.83. The molecule has 1 heterocycles. The first kappa shape index (κ1) is 11.8. The van der Waals surface area contributed by atoms with Crippen LogP contribution >= 0.6 is 0 Å².